The van der Waals surface area contributed by atoms with Crippen molar-refractivity contribution in [3.63, 3.8) is 0 Å². The maximum Gasteiger partial charge on any atom is 0.267 e. The molecule has 4 rings (SSSR count). The maximum absolute atomic E-state index is 12.8. The molecule has 0 bridgehead atoms. The van der Waals surface area contributed by atoms with Crippen molar-refractivity contribution < 1.29 is 32.2 Å². The first-order chi connectivity index (χ1) is 14.9. The van der Waals surface area contributed by atoms with Crippen molar-refractivity contribution in [2.24, 2.45) is 0 Å². The standard InChI is InChI=1S/C20H21ClN2O7S/c1-27-16-4-2-13(10-15(16)21)22-31(25,26)14-3-5-17-18(11-14)29-12-19(30-17)20(24)23-6-8-28-9-7-23/h2-5,10-11,19,22H,6-9,12H2,1H3/t19-/m1/s1. The Labute approximate surface area is 184 Å². The summed E-state index contributed by atoms with van der Waals surface area (Å²) >= 11 is 6.06. The van der Waals surface area contributed by atoms with Crippen molar-refractivity contribution in [2.75, 3.05) is 44.7 Å². The third kappa shape index (κ3) is 4.65. The zero-order valence-corrected chi connectivity index (χ0v) is 18.2. The van der Waals surface area contributed by atoms with Gasteiger partial charge < -0.3 is 23.8 Å². The number of halogens is 1. The molecule has 1 N–H and O–H groups in total. The lowest BCUT2D eigenvalue weighted by atomic mass is 10.2. The molecule has 2 heterocycles. The van der Waals surface area contributed by atoms with Gasteiger partial charge in [0, 0.05) is 19.2 Å². The number of methoxy groups -OCH3 is 1. The van der Waals surface area contributed by atoms with Gasteiger partial charge in [0.05, 0.1) is 35.9 Å². The summed E-state index contributed by atoms with van der Waals surface area (Å²) < 4.78 is 49.8. The molecule has 2 aliphatic rings. The molecule has 2 aromatic carbocycles. The summed E-state index contributed by atoms with van der Waals surface area (Å²) in [6.45, 7) is 1.98. The summed E-state index contributed by atoms with van der Waals surface area (Å²) in [5.41, 5.74) is 0.289. The lowest BCUT2D eigenvalue weighted by Crippen LogP contribution is -2.50. The molecule has 0 spiro atoms. The molecule has 31 heavy (non-hydrogen) atoms. The fourth-order valence-electron chi connectivity index (χ4n) is 3.27. The van der Waals surface area contributed by atoms with Crippen molar-refractivity contribution in [1.82, 2.24) is 4.90 Å². The van der Waals surface area contributed by atoms with Crippen molar-refractivity contribution in [3.05, 3.63) is 41.4 Å². The van der Waals surface area contributed by atoms with Crippen LogP contribution in [0, 0.1) is 0 Å². The Kier molecular flexibility index (Phi) is 6.12. The van der Waals surface area contributed by atoms with Gasteiger partial charge in [-0.3, -0.25) is 9.52 Å². The first-order valence-corrected chi connectivity index (χ1v) is 11.4. The fourth-order valence-corrected chi connectivity index (χ4v) is 4.59. The summed E-state index contributed by atoms with van der Waals surface area (Å²) in [5.74, 6) is 0.819. The molecule has 2 aliphatic heterocycles. The van der Waals surface area contributed by atoms with Gasteiger partial charge in [0.1, 0.15) is 12.4 Å². The normalized spacial score (nSPS) is 18.4. The van der Waals surface area contributed by atoms with Gasteiger partial charge in [0.2, 0.25) is 6.10 Å². The number of anilines is 1. The Hall–Kier alpha value is -2.69. The number of benzene rings is 2. The molecule has 11 heteroatoms. The van der Waals surface area contributed by atoms with E-state index in [0.29, 0.717) is 37.8 Å². The summed E-state index contributed by atoms with van der Waals surface area (Å²) in [5, 5.41) is 0.279. The minimum atomic E-state index is -3.90. The zero-order valence-electron chi connectivity index (χ0n) is 16.7. The summed E-state index contributed by atoms with van der Waals surface area (Å²) in [4.78, 5) is 14.3. The molecule has 9 nitrogen and oxygen atoms in total. The predicted molar refractivity (Wildman–Crippen MR) is 113 cm³/mol. The van der Waals surface area contributed by atoms with Gasteiger partial charge in [-0.25, -0.2) is 8.42 Å². The Bertz CT molecular complexity index is 1090. The van der Waals surface area contributed by atoms with E-state index < -0.39 is 16.1 Å². The van der Waals surface area contributed by atoms with Crippen LogP contribution in [0.3, 0.4) is 0 Å². The first-order valence-electron chi connectivity index (χ1n) is 9.54. The first kappa shape index (κ1) is 21.5. The number of amides is 1. The summed E-state index contributed by atoms with van der Waals surface area (Å²) in [7, 11) is -2.43. The lowest BCUT2D eigenvalue weighted by Gasteiger charge is -2.32. The van der Waals surface area contributed by atoms with Gasteiger partial charge in [0.25, 0.3) is 15.9 Å². The van der Waals surface area contributed by atoms with Gasteiger partial charge in [0.15, 0.2) is 11.5 Å². The number of nitrogens with one attached hydrogen (secondary N) is 1. The minimum Gasteiger partial charge on any atom is -0.495 e. The third-order valence-electron chi connectivity index (χ3n) is 4.89. The van der Waals surface area contributed by atoms with Gasteiger partial charge in [-0.1, -0.05) is 11.6 Å². The van der Waals surface area contributed by atoms with Gasteiger partial charge in [-0.2, -0.15) is 0 Å². The number of hydrogen-bond donors (Lipinski definition) is 1. The van der Waals surface area contributed by atoms with Crippen LogP contribution in [-0.4, -0.2) is 65.3 Å². The Balaban J connectivity index is 1.48. The number of fused-ring (bicyclic) bond motifs is 1. The molecule has 2 aromatic rings. The number of morpholine rings is 1. The van der Waals surface area contributed by atoms with Crippen LogP contribution >= 0.6 is 11.6 Å². The lowest BCUT2D eigenvalue weighted by molar-refractivity contribution is -0.145. The van der Waals surface area contributed by atoms with Gasteiger partial charge >= 0.3 is 0 Å². The van der Waals surface area contributed by atoms with Crippen molar-refractivity contribution in [1.29, 1.82) is 0 Å². The highest BCUT2D eigenvalue weighted by Crippen LogP contribution is 2.35. The number of sulfonamides is 1. The largest absolute Gasteiger partial charge is 0.495 e. The van der Waals surface area contributed by atoms with E-state index in [9.17, 15) is 13.2 Å². The molecular weight excluding hydrogens is 448 g/mol. The number of ether oxygens (including phenoxy) is 4. The Morgan fingerprint density at radius 3 is 2.65 bits per heavy atom. The summed E-state index contributed by atoms with van der Waals surface area (Å²) in [6.07, 6.45) is -0.785. The highest BCUT2D eigenvalue weighted by atomic mass is 35.5. The molecule has 1 fully saturated rings. The van der Waals surface area contributed by atoms with Crippen LogP contribution in [0.15, 0.2) is 41.3 Å². The van der Waals surface area contributed by atoms with Gasteiger partial charge in [-0.05, 0) is 30.3 Å². The van der Waals surface area contributed by atoms with Crippen LogP contribution in [0.4, 0.5) is 5.69 Å². The van der Waals surface area contributed by atoms with Crippen LogP contribution in [0.25, 0.3) is 0 Å². The molecular formula is C20H21ClN2O7S. The third-order valence-corrected chi connectivity index (χ3v) is 6.56. The second-order valence-corrected chi connectivity index (χ2v) is 9.01. The second-order valence-electron chi connectivity index (χ2n) is 6.92. The van der Waals surface area contributed by atoms with E-state index in [4.69, 9.17) is 30.5 Å². The molecule has 1 saturated heterocycles. The van der Waals surface area contributed by atoms with E-state index in [1.807, 2.05) is 0 Å². The smallest absolute Gasteiger partial charge is 0.267 e. The monoisotopic (exact) mass is 468 g/mol. The number of carbonyl (C=O) groups excluding carboxylic acids is 1. The van der Waals surface area contributed by atoms with Crippen molar-refractivity contribution in [3.8, 4) is 17.2 Å². The van der Waals surface area contributed by atoms with Crippen LogP contribution in [0.2, 0.25) is 5.02 Å². The quantitative estimate of drug-likeness (QED) is 0.717. The topological polar surface area (TPSA) is 103 Å². The average Bonchev–Trinajstić information content (AvgIpc) is 2.78. The second kappa shape index (κ2) is 8.81. The van der Waals surface area contributed by atoms with Crippen LogP contribution < -0.4 is 18.9 Å². The molecule has 1 amide bonds. The van der Waals surface area contributed by atoms with Crippen molar-refractivity contribution >= 4 is 33.2 Å². The van der Waals surface area contributed by atoms with E-state index >= 15 is 0 Å². The highest BCUT2D eigenvalue weighted by Gasteiger charge is 2.32. The minimum absolute atomic E-state index is 0.00575. The van der Waals surface area contributed by atoms with E-state index in [2.05, 4.69) is 4.72 Å². The summed E-state index contributed by atoms with van der Waals surface area (Å²) in [6, 6.07) is 8.79. The molecule has 1 atom stereocenters. The molecule has 0 unspecified atom stereocenters. The fraction of sp³-hybridized carbons (Fsp3) is 0.350. The molecule has 166 valence electrons. The maximum atomic E-state index is 12.8. The molecule has 0 aliphatic carbocycles. The predicted octanol–water partition coefficient (Wildman–Crippen LogP) is 2.15. The SMILES string of the molecule is COc1ccc(NS(=O)(=O)c2ccc3c(c2)OC[C@H](C(=O)N2CCOCC2)O3)cc1Cl. The molecule has 0 aromatic heterocycles. The van der Waals surface area contributed by atoms with E-state index in [1.165, 1.54) is 31.4 Å². The van der Waals surface area contributed by atoms with Crippen LogP contribution in [0.1, 0.15) is 0 Å². The molecule has 0 saturated carbocycles. The van der Waals surface area contributed by atoms with Gasteiger partial charge in [-0.15, -0.1) is 0 Å². The van der Waals surface area contributed by atoms with E-state index in [-0.39, 0.29) is 33.9 Å². The highest BCUT2D eigenvalue weighted by molar-refractivity contribution is 7.92. The zero-order chi connectivity index (χ0) is 22.0. The number of rotatable bonds is 5. The van der Waals surface area contributed by atoms with E-state index in [0.717, 1.165) is 0 Å². The number of hydrogen-bond acceptors (Lipinski definition) is 7. The van der Waals surface area contributed by atoms with Crippen LogP contribution in [0.5, 0.6) is 17.2 Å². The number of carbonyl (C=O) groups is 1. The average molecular weight is 469 g/mol. The molecule has 0 radical (unpaired) electrons. The number of nitrogens with zero attached hydrogens (tertiary/aromatic N) is 1. The van der Waals surface area contributed by atoms with Crippen molar-refractivity contribution in [2.45, 2.75) is 11.0 Å². The van der Waals surface area contributed by atoms with E-state index in [1.54, 1.807) is 17.0 Å². The van der Waals surface area contributed by atoms with Crippen LogP contribution in [-0.2, 0) is 19.6 Å². The Morgan fingerprint density at radius 1 is 1.16 bits per heavy atom. The Morgan fingerprint density at radius 2 is 1.94 bits per heavy atom.